The molecule has 0 spiro atoms. The van der Waals surface area contributed by atoms with Crippen LogP contribution in [0.5, 0.6) is 0 Å². The van der Waals surface area contributed by atoms with Gasteiger partial charge in [-0.25, -0.2) is 9.36 Å². The fourth-order valence-corrected chi connectivity index (χ4v) is 3.74. The maximum atomic E-state index is 13.0. The van der Waals surface area contributed by atoms with Crippen molar-refractivity contribution >= 4 is 28.7 Å². The quantitative estimate of drug-likeness (QED) is 0.709. The fourth-order valence-electron chi connectivity index (χ4n) is 3.74. The zero-order valence-electron chi connectivity index (χ0n) is 16.0. The van der Waals surface area contributed by atoms with E-state index in [1.165, 1.54) is 4.57 Å². The van der Waals surface area contributed by atoms with E-state index in [9.17, 15) is 14.4 Å². The van der Waals surface area contributed by atoms with Gasteiger partial charge >= 0.3 is 5.69 Å². The lowest BCUT2D eigenvalue weighted by molar-refractivity contribution is -0.118. The number of aryl methyl sites for hydroxylation is 2. The minimum absolute atomic E-state index is 0.257. The van der Waals surface area contributed by atoms with Gasteiger partial charge in [0.25, 0.3) is 5.56 Å². The van der Waals surface area contributed by atoms with Crippen molar-refractivity contribution in [3.05, 3.63) is 50.7 Å². The van der Waals surface area contributed by atoms with Gasteiger partial charge in [-0.15, -0.1) is 0 Å². The Morgan fingerprint density at radius 3 is 2.54 bits per heavy atom. The summed E-state index contributed by atoms with van der Waals surface area (Å²) in [5.41, 5.74) is 6.80. The minimum Gasteiger partial charge on any atom is -0.368 e. The highest BCUT2D eigenvalue weighted by atomic mass is 16.2. The van der Waals surface area contributed by atoms with Gasteiger partial charge in [-0.1, -0.05) is 24.6 Å². The minimum atomic E-state index is -0.744. The van der Waals surface area contributed by atoms with Crippen LogP contribution in [0.15, 0.2) is 33.9 Å². The maximum Gasteiger partial charge on any atom is 0.332 e. The molecule has 146 valence electrons. The van der Waals surface area contributed by atoms with E-state index in [0.29, 0.717) is 23.7 Å². The monoisotopic (exact) mass is 382 g/mol. The average molecular weight is 382 g/mol. The van der Waals surface area contributed by atoms with Crippen molar-refractivity contribution in [2.75, 3.05) is 11.4 Å². The molecular formula is C19H22N6O3. The fraction of sp³-hybridized carbons (Fsp3) is 0.368. The van der Waals surface area contributed by atoms with Crippen molar-refractivity contribution in [3.8, 4) is 0 Å². The number of rotatable bonds is 3. The van der Waals surface area contributed by atoms with E-state index < -0.39 is 23.7 Å². The van der Waals surface area contributed by atoms with Crippen LogP contribution < -0.4 is 21.9 Å². The summed E-state index contributed by atoms with van der Waals surface area (Å²) in [7, 11) is 1.54. The van der Waals surface area contributed by atoms with Crippen molar-refractivity contribution in [3.63, 3.8) is 0 Å². The molecule has 1 aliphatic heterocycles. The molecule has 1 atom stereocenters. The first-order valence-electron chi connectivity index (χ1n) is 9.10. The lowest BCUT2D eigenvalue weighted by atomic mass is 10.1. The van der Waals surface area contributed by atoms with Gasteiger partial charge in [0.15, 0.2) is 11.2 Å². The second-order valence-corrected chi connectivity index (χ2v) is 7.45. The van der Waals surface area contributed by atoms with Crippen LogP contribution in [0.4, 0.5) is 11.6 Å². The molecule has 0 aliphatic carbocycles. The highest BCUT2D eigenvalue weighted by molar-refractivity contribution is 5.78. The summed E-state index contributed by atoms with van der Waals surface area (Å²) < 4.78 is 4.00. The molecule has 3 heterocycles. The van der Waals surface area contributed by atoms with Crippen LogP contribution in [0.2, 0.25) is 0 Å². The van der Waals surface area contributed by atoms with E-state index in [-0.39, 0.29) is 5.92 Å². The average Bonchev–Trinajstić information content (AvgIpc) is 3.03. The molecule has 0 radical (unpaired) electrons. The Bertz CT molecular complexity index is 1200. The van der Waals surface area contributed by atoms with Crippen LogP contribution >= 0.6 is 0 Å². The van der Waals surface area contributed by atoms with Crippen molar-refractivity contribution in [1.82, 2.24) is 18.7 Å². The van der Waals surface area contributed by atoms with Crippen LogP contribution in [0.25, 0.3) is 11.2 Å². The van der Waals surface area contributed by atoms with E-state index in [2.05, 4.69) is 16.8 Å². The molecule has 1 aromatic carbocycles. The molecule has 2 aromatic heterocycles. The zero-order valence-corrected chi connectivity index (χ0v) is 16.0. The van der Waals surface area contributed by atoms with Gasteiger partial charge in [-0.3, -0.25) is 14.2 Å². The SMILES string of the molecule is Cc1ccc(N2C[C@@H](C)Cn3c2nc2c3c(=O)n(CC(N)=O)c(=O)n2C)cc1. The number of aromatic nitrogens is 4. The van der Waals surface area contributed by atoms with Gasteiger partial charge < -0.3 is 15.2 Å². The van der Waals surface area contributed by atoms with Gasteiger partial charge in [-0.05, 0) is 25.0 Å². The third-order valence-electron chi connectivity index (χ3n) is 5.10. The molecule has 4 rings (SSSR count). The number of benzene rings is 1. The summed E-state index contributed by atoms with van der Waals surface area (Å²) in [5.74, 6) is 0.125. The van der Waals surface area contributed by atoms with Crippen molar-refractivity contribution in [2.45, 2.75) is 26.9 Å². The first-order valence-corrected chi connectivity index (χ1v) is 9.10. The molecule has 9 nitrogen and oxygen atoms in total. The summed E-state index contributed by atoms with van der Waals surface area (Å²) in [4.78, 5) is 43.6. The number of fused-ring (bicyclic) bond motifs is 3. The van der Waals surface area contributed by atoms with E-state index in [1.807, 2.05) is 35.8 Å². The number of amides is 1. The van der Waals surface area contributed by atoms with Crippen molar-refractivity contribution in [1.29, 1.82) is 0 Å². The summed E-state index contributed by atoms with van der Waals surface area (Å²) >= 11 is 0. The van der Waals surface area contributed by atoms with E-state index in [1.54, 1.807) is 7.05 Å². The molecule has 28 heavy (non-hydrogen) atoms. The zero-order chi connectivity index (χ0) is 20.2. The molecule has 0 saturated carbocycles. The Morgan fingerprint density at radius 2 is 1.89 bits per heavy atom. The molecule has 0 fully saturated rings. The second kappa shape index (κ2) is 6.36. The highest BCUT2D eigenvalue weighted by Crippen LogP contribution is 2.32. The molecule has 2 N–H and O–H groups in total. The van der Waals surface area contributed by atoms with Crippen LogP contribution in [0.1, 0.15) is 12.5 Å². The smallest absolute Gasteiger partial charge is 0.332 e. The number of nitrogens with two attached hydrogens (primary N) is 1. The number of primary amides is 1. The van der Waals surface area contributed by atoms with Gasteiger partial charge in [0.2, 0.25) is 11.9 Å². The van der Waals surface area contributed by atoms with Gasteiger partial charge in [-0.2, -0.15) is 4.98 Å². The third-order valence-corrected chi connectivity index (χ3v) is 5.10. The van der Waals surface area contributed by atoms with Crippen LogP contribution in [-0.4, -0.2) is 31.1 Å². The number of nitrogens with zero attached hydrogens (tertiary/aromatic N) is 5. The van der Waals surface area contributed by atoms with Crippen LogP contribution in [-0.2, 0) is 24.9 Å². The Labute approximate surface area is 160 Å². The number of carbonyl (C=O) groups excluding carboxylic acids is 1. The van der Waals surface area contributed by atoms with E-state index >= 15 is 0 Å². The summed E-state index contributed by atoms with van der Waals surface area (Å²) in [6, 6.07) is 8.08. The standard InChI is InChI=1S/C19H22N6O3/c1-11-4-6-13(7-5-11)23-8-12(2)9-24-15-16(21-18(23)24)22(3)19(28)25(17(15)27)10-14(20)26/h4-7,12H,8-10H2,1-3H3,(H2,20,26)/t12-/m1/s1. The molecule has 3 aromatic rings. The lowest BCUT2D eigenvalue weighted by Gasteiger charge is -2.33. The van der Waals surface area contributed by atoms with Crippen molar-refractivity contribution < 1.29 is 4.79 Å². The second-order valence-electron chi connectivity index (χ2n) is 7.45. The highest BCUT2D eigenvalue weighted by Gasteiger charge is 2.29. The molecule has 0 bridgehead atoms. The molecule has 1 aliphatic rings. The van der Waals surface area contributed by atoms with E-state index in [4.69, 9.17) is 5.73 Å². The summed E-state index contributed by atoms with van der Waals surface area (Å²) in [5, 5.41) is 0. The Hall–Kier alpha value is -3.36. The Morgan fingerprint density at radius 1 is 1.21 bits per heavy atom. The lowest BCUT2D eigenvalue weighted by Crippen LogP contribution is -2.43. The van der Waals surface area contributed by atoms with Crippen molar-refractivity contribution in [2.24, 2.45) is 18.7 Å². The van der Waals surface area contributed by atoms with Gasteiger partial charge in [0, 0.05) is 25.8 Å². The van der Waals surface area contributed by atoms with Gasteiger partial charge in [0.1, 0.15) is 6.54 Å². The number of anilines is 2. The van der Waals surface area contributed by atoms with Gasteiger partial charge in [0.05, 0.1) is 0 Å². The van der Waals surface area contributed by atoms with Crippen LogP contribution in [0, 0.1) is 12.8 Å². The summed E-state index contributed by atoms with van der Waals surface area (Å²) in [6.45, 7) is 5.00. The molecule has 0 saturated heterocycles. The predicted octanol–water partition coefficient (Wildman–Crippen LogP) is 0.478. The topological polar surface area (TPSA) is 108 Å². The largest absolute Gasteiger partial charge is 0.368 e. The molecular weight excluding hydrogens is 360 g/mol. The number of hydrogen-bond donors (Lipinski definition) is 1. The number of imidazole rings is 1. The van der Waals surface area contributed by atoms with E-state index in [0.717, 1.165) is 22.4 Å². The predicted molar refractivity (Wildman–Crippen MR) is 106 cm³/mol. The molecule has 9 heteroatoms. The first kappa shape index (κ1) is 18.0. The maximum absolute atomic E-state index is 13.0. The normalized spacial score (nSPS) is 16.4. The Kier molecular flexibility index (Phi) is 4.10. The molecule has 0 unspecified atom stereocenters. The van der Waals surface area contributed by atoms with Crippen LogP contribution in [0.3, 0.4) is 0 Å². The Balaban J connectivity index is 2.00. The number of hydrogen-bond acceptors (Lipinski definition) is 5. The molecule has 1 amide bonds. The summed E-state index contributed by atoms with van der Waals surface area (Å²) in [6.07, 6.45) is 0. The number of carbonyl (C=O) groups is 1. The first-order chi connectivity index (χ1) is 13.3. The third kappa shape index (κ3) is 2.70.